The van der Waals surface area contributed by atoms with Crippen LogP contribution in [0.4, 0.5) is 0 Å². The fourth-order valence-corrected chi connectivity index (χ4v) is 2.92. The molecule has 0 unspecified atom stereocenters. The zero-order valence-corrected chi connectivity index (χ0v) is 15.8. The SMILES string of the molecule is Cc1ccc(C(C)(C)C/C=C/c2cccc(Oc3ccccc3)c2)cc1. The van der Waals surface area contributed by atoms with E-state index in [1.54, 1.807) is 0 Å². The van der Waals surface area contributed by atoms with Crippen LogP contribution in [0.1, 0.15) is 37.0 Å². The highest BCUT2D eigenvalue weighted by molar-refractivity contribution is 5.52. The largest absolute Gasteiger partial charge is 0.457 e. The van der Waals surface area contributed by atoms with Gasteiger partial charge in [-0.1, -0.05) is 86.2 Å². The van der Waals surface area contributed by atoms with E-state index in [9.17, 15) is 0 Å². The molecule has 0 saturated carbocycles. The van der Waals surface area contributed by atoms with Gasteiger partial charge in [0.15, 0.2) is 0 Å². The summed E-state index contributed by atoms with van der Waals surface area (Å²) in [5.41, 5.74) is 3.94. The molecule has 26 heavy (non-hydrogen) atoms. The number of hydrogen-bond donors (Lipinski definition) is 0. The first-order valence-electron chi connectivity index (χ1n) is 9.10. The molecule has 0 aromatic heterocycles. The minimum absolute atomic E-state index is 0.113. The van der Waals surface area contributed by atoms with Crippen LogP contribution in [0.3, 0.4) is 0 Å². The third-order valence-electron chi connectivity index (χ3n) is 4.61. The smallest absolute Gasteiger partial charge is 0.128 e. The fraction of sp³-hybridized carbons (Fsp3) is 0.200. The van der Waals surface area contributed by atoms with Gasteiger partial charge in [-0.2, -0.15) is 0 Å². The van der Waals surface area contributed by atoms with Crippen molar-refractivity contribution < 1.29 is 4.74 Å². The molecule has 0 heterocycles. The van der Waals surface area contributed by atoms with E-state index >= 15 is 0 Å². The Labute approximate surface area is 157 Å². The summed E-state index contributed by atoms with van der Waals surface area (Å²) in [6, 6.07) is 26.9. The van der Waals surface area contributed by atoms with E-state index in [4.69, 9.17) is 4.74 Å². The van der Waals surface area contributed by atoms with Crippen LogP contribution < -0.4 is 4.74 Å². The Morgan fingerprint density at radius 2 is 1.50 bits per heavy atom. The summed E-state index contributed by atoms with van der Waals surface area (Å²) in [5.74, 6) is 1.71. The molecular weight excluding hydrogens is 316 g/mol. The van der Waals surface area contributed by atoms with E-state index in [1.807, 2.05) is 42.5 Å². The lowest BCUT2D eigenvalue weighted by Gasteiger charge is -2.23. The van der Waals surface area contributed by atoms with Crippen LogP contribution in [-0.2, 0) is 5.41 Å². The zero-order chi connectivity index (χ0) is 18.4. The summed E-state index contributed by atoms with van der Waals surface area (Å²) in [5, 5.41) is 0. The van der Waals surface area contributed by atoms with E-state index in [0.29, 0.717) is 0 Å². The monoisotopic (exact) mass is 342 g/mol. The van der Waals surface area contributed by atoms with Crippen molar-refractivity contribution in [2.45, 2.75) is 32.6 Å². The second-order valence-electron chi connectivity index (χ2n) is 7.34. The molecule has 0 amide bonds. The normalized spacial score (nSPS) is 11.7. The maximum absolute atomic E-state index is 5.91. The molecule has 1 nitrogen and oxygen atoms in total. The maximum atomic E-state index is 5.91. The highest BCUT2D eigenvalue weighted by Crippen LogP contribution is 2.28. The molecule has 0 bridgehead atoms. The van der Waals surface area contributed by atoms with Gasteiger partial charge in [-0.05, 0) is 54.2 Å². The molecule has 3 aromatic rings. The van der Waals surface area contributed by atoms with Gasteiger partial charge in [0.1, 0.15) is 11.5 Å². The van der Waals surface area contributed by atoms with Crippen molar-refractivity contribution in [1.82, 2.24) is 0 Å². The fourth-order valence-electron chi connectivity index (χ4n) is 2.92. The Bertz CT molecular complexity index is 858. The van der Waals surface area contributed by atoms with Gasteiger partial charge in [-0.15, -0.1) is 0 Å². The molecule has 0 aliphatic carbocycles. The predicted octanol–water partition coefficient (Wildman–Crippen LogP) is 7.17. The molecule has 0 aliphatic heterocycles. The average molecular weight is 342 g/mol. The summed E-state index contributed by atoms with van der Waals surface area (Å²) < 4.78 is 5.91. The number of hydrogen-bond acceptors (Lipinski definition) is 1. The Balaban J connectivity index is 1.66. The van der Waals surface area contributed by atoms with Crippen molar-refractivity contribution >= 4 is 6.08 Å². The standard InChI is InChI=1S/C25H26O/c1-20-14-16-22(17-15-20)25(2,3)18-8-10-21-9-7-13-24(19-21)26-23-11-5-4-6-12-23/h4-17,19H,18H2,1-3H3/b10-8+. The lowest BCUT2D eigenvalue weighted by atomic mass is 9.81. The second kappa shape index (κ2) is 8.05. The van der Waals surface area contributed by atoms with Crippen LogP contribution in [0, 0.1) is 6.92 Å². The van der Waals surface area contributed by atoms with Gasteiger partial charge in [0.2, 0.25) is 0 Å². The molecule has 0 radical (unpaired) electrons. The van der Waals surface area contributed by atoms with E-state index in [0.717, 1.165) is 23.5 Å². The minimum Gasteiger partial charge on any atom is -0.457 e. The number of para-hydroxylation sites is 1. The molecule has 3 aromatic carbocycles. The maximum Gasteiger partial charge on any atom is 0.128 e. The molecular formula is C25H26O. The van der Waals surface area contributed by atoms with Gasteiger partial charge >= 0.3 is 0 Å². The van der Waals surface area contributed by atoms with E-state index < -0.39 is 0 Å². The molecule has 1 heteroatoms. The van der Waals surface area contributed by atoms with Crippen LogP contribution >= 0.6 is 0 Å². The van der Waals surface area contributed by atoms with Crippen LogP contribution in [0.15, 0.2) is 84.9 Å². The lowest BCUT2D eigenvalue weighted by molar-refractivity contribution is 0.482. The number of rotatable bonds is 6. The third kappa shape index (κ3) is 4.86. The molecule has 0 atom stereocenters. The lowest BCUT2D eigenvalue weighted by Crippen LogP contribution is -2.15. The molecule has 132 valence electrons. The predicted molar refractivity (Wildman–Crippen MR) is 111 cm³/mol. The summed E-state index contributed by atoms with van der Waals surface area (Å²) in [7, 11) is 0. The first-order valence-corrected chi connectivity index (χ1v) is 9.10. The Kier molecular flexibility index (Phi) is 5.58. The summed E-state index contributed by atoms with van der Waals surface area (Å²) >= 11 is 0. The van der Waals surface area contributed by atoms with Gasteiger partial charge in [0, 0.05) is 0 Å². The second-order valence-corrected chi connectivity index (χ2v) is 7.34. The highest BCUT2D eigenvalue weighted by atomic mass is 16.5. The van der Waals surface area contributed by atoms with E-state index in [-0.39, 0.29) is 5.41 Å². The molecule has 0 spiro atoms. The first-order chi connectivity index (χ1) is 12.5. The van der Waals surface area contributed by atoms with Crippen molar-refractivity contribution in [1.29, 1.82) is 0 Å². The number of ether oxygens (including phenoxy) is 1. The van der Waals surface area contributed by atoms with Crippen LogP contribution in [0.2, 0.25) is 0 Å². The van der Waals surface area contributed by atoms with Crippen LogP contribution in [-0.4, -0.2) is 0 Å². The van der Waals surface area contributed by atoms with Gasteiger partial charge < -0.3 is 4.74 Å². The van der Waals surface area contributed by atoms with Crippen LogP contribution in [0.25, 0.3) is 6.08 Å². The van der Waals surface area contributed by atoms with E-state index in [2.05, 4.69) is 69.3 Å². The Morgan fingerprint density at radius 3 is 2.23 bits per heavy atom. The first kappa shape index (κ1) is 18.0. The van der Waals surface area contributed by atoms with Crippen molar-refractivity contribution in [3.05, 3.63) is 102 Å². The van der Waals surface area contributed by atoms with Crippen molar-refractivity contribution in [2.75, 3.05) is 0 Å². The third-order valence-corrected chi connectivity index (χ3v) is 4.61. The van der Waals surface area contributed by atoms with Gasteiger partial charge in [-0.3, -0.25) is 0 Å². The summed E-state index contributed by atoms with van der Waals surface area (Å²) in [6.07, 6.45) is 5.41. The van der Waals surface area contributed by atoms with Crippen molar-refractivity contribution in [2.24, 2.45) is 0 Å². The van der Waals surface area contributed by atoms with Crippen molar-refractivity contribution in [3.63, 3.8) is 0 Å². The van der Waals surface area contributed by atoms with E-state index in [1.165, 1.54) is 11.1 Å². The van der Waals surface area contributed by atoms with Gasteiger partial charge in [0.05, 0.1) is 0 Å². The molecule has 0 fully saturated rings. The zero-order valence-electron chi connectivity index (χ0n) is 15.8. The number of allylic oxidation sites excluding steroid dienone is 1. The topological polar surface area (TPSA) is 9.23 Å². The summed E-state index contributed by atoms with van der Waals surface area (Å²) in [6.45, 7) is 6.70. The minimum atomic E-state index is 0.113. The van der Waals surface area contributed by atoms with Gasteiger partial charge in [-0.25, -0.2) is 0 Å². The van der Waals surface area contributed by atoms with Crippen LogP contribution in [0.5, 0.6) is 11.5 Å². The molecule has 3 rings (SSSR count). The quantitative estimate of drug-likeness (QED) is 0.461. The summed E-state index contributed by atoms with van der Waals surface area (Å²) in [4.78, 5) is 0. The highest BCUT2D eigenvalue weighted by Gasteiger charge is 2.18. The number of benzene rings is 3. The molecule has 0 N–H and O–H groups in total. The van der Waals surface area contributed by atoms with Gasteiger partial charge in [0.25, 0.3) is 0 Å². The average Bonchev–Trinajstić information content (AvgIpc) is 2.63. The Morgan fingerprint density at radius 1 is 0.808 bits per heavy atom. The Hall–Kier alpha value is -2.80. The van der Waals surface area contributed by atoms with Crippen molar-refractivity contribution in [3.8, 4) is 11.5 Å². The number of aryl methyl sites for hydroxylation is 1. The molecule has 0 aliphatic rings. The molecule has 0 saturated heterocycles.